The van der Waals surface area contributed by atoms with Gasteiger partial charge in [-0.15, -0.1) is 0 Å². The van der Waals surface area contributed by atoms with Gasteiger partial charge in [-0.25, -0.2) is 0 Å². The summed E-state index contributed by atoms with van der Waals surface area (Å²) >= 11 is 0. The number of hydrogen-bond donors (Lipinski definition) is 0. The molecule has 6 heteroatoms. The van der Waals surface area contributed by atoms with Crippen LogP contribution in [0.4, 0.5) is 0 Å². The Morgan fingerprint density at radius 1 is 1.00 bits per heavy atom. The standard InChI is InChI=1S/C13H24N2O2.C8H10O2.C2H6/c1-13(2,16-4)17-14-11-6-5-10-7-8-15(3)12(10)9-11;1-9-7-5-3-4-6-8(7)10-2;1-2/h10,12H,5-9H2,1-4H3;3-6H,1-2H3;1-2H3/b14-11+;;/t10?,12-;;/m0../s1. The summed E-state index contributed by atoms with van der Waals surface area (Å²) in [6.07, 6.45) is 4.74. The van der Waals surface area contributed by atoms with Crippen LogP contribution in [0.3, 0.4) is 0 Å². The SMILES string of the molecule is CC.COC(C)(C)O/N=C1\CCC2CCN(C)[C@H]2C1.COc1ccccc1OC. The van der Waals surface area contributed by atoms with Crippen LogP contribution >= 0.6 is 0 Å². The second-order valence-electron chi connectivity index (χ2n) is 7.55. The minimum atomic E-state index is -0.620. The van der Waals surface area contributed by atoms with E-state index in [0.29, 0.717) is 6.04 Å². The Kier molecular flexibility index (Phi) is 11.1. The maximum atomic E-state index is 5.45. The van der Waals surface area contributed by atoms with Gasteiger partial charge in [0.1, 0.15) is 0 Å². The lowest BCUT2D eigenvalue weighted by atomic mass is 9.84. The average molecular weight is 409 g/mol. The second kappa shape index (κ2) is 12.7. The van der Waals surface area contributed by atoms with Crippen molar-refractivity contribution in [1.82, 2.24) is 4.90 Å². The van der Waals surface area contributed by atoms with Gasteiger partial charge in [-0.05, 0) is 50.9 Å². The van der Waals surface area contributed by atoms with Crippen LogP contribution in [0, 0.1) is 5.92 Å². The van der Waals surface area contributed by atoms with Crippen molar-refractivity contribution in [3.05, 3.63) is 24.3 Å². The number of likely N-dealkylation sites (tertiary alicyclic amines) is 1. The molecule has 1 unspecified atom stereocenters. The number of benzene rings is 1. The maximum absolute atomic E-state index is 5.45. The van der Waals surface area contributed by atoms with Crippen LogP contribution in [0.15, 0.2) is 29.4 Å². The molecule has 3 rings (SSSR count). The fourth-order valence-electron chi connectivity index (χ4n) is 3.52. The van der Waals surface area contributed by atoms with E-state index in [4.69, 9.17) is 19.0 Å². The molecule has 1 aromatic carbocycles. The van der Waals surface area contributed by atoms with Gasteiger partial charge in [-0.1, -0.05) is 31.1 Å². The summed E-state index contributed by atoms with van der Waals surface area (Å²) in [7, 11) is 7.10. The van der Waals surface area contributed by atoms with Gasteiger partial charge in [-0.3, -0.25) is 0 Å². The molecular formula is C23H40N2O4. The molecule has 29 heavy (non-hydrogen) atoms. The lowest BCUT2D eigenvalue weighted by molar-refractivity contribution is -0.197. The molecular weight excluding hydrogens is 368 g/mol. The van der Waals surface area contributed by atoms with Gasteiger partial charge in [0.05, 0.1) is 19.9 Å². The van der Waals surface area contributed by atoms with Gasteiger partial charge in [0, 0.05) is 33.4 Å². The van der Waals surface area contributed by atoms with Crippen LogP contribution < -0.4 is 9.47 Å². The molecule has 166 valence electrons. The van der Waals surface area contributed by atoms with Crippen molar-refractivity contribution in [3.8, 4) is 11.5 Å². The molecule has 0 spiro atoms. The van der Waals surface area contributed by atoms with Crippen molar-refractivity contribution in [2.75, 3.05) is 34.9 Å². The van der Waals surface area contributed by atoms with E-state index in [2.05, 4.69) is 17.1 Å². The Morgan fingerprint density at radius 3 is 2.10 bits per heavy atom. The predicted octanol–water partition coefficient (Wildman–Crippen LogP) is 4.98. The molecule has 1 saturated carbocycles. The third kappa shape index (κ3) is 7.86. The predicted molar refractivity (Wildman–Crippen MR) is 119 cm³/mol. The minimum Gasteiger partial charge on any atom is -0.493 e. The van der Waals surface area contributed by atoms with Crippen LogP contribution in [0.5, 0.6) is 11.5 Å². The van der Waals surface area contributed by atoms with Gasteiger partial charge in [-0.2, -0.15) is 0 Å². The van der Waals surface area contributed by atoms with Gasteiger partial charge >= 0.3 is 0 Å². The minimum absolute atomic E-state index is 0.620. The van der Waals surface area contributed by atoms with E-state index in [1.165, 1.54) is 25.1 Å². The van der Waals surface area contributed by atoms with Crippen LogP contribution in [-0.2, 0) is 9.57 Å². The first-order valence-electron chi connectivity index (χ1n) is 10.6. The number of methoxy groups -OCH3 is 3. The van der Waals surface area contributed by atoms with Crippen LogP contribution in [0.25, 0.3) is 0 Å². The number of hydrogen-bond acceptors (Lipinski definition) is 6. The summed E-state index contributed by atoms with van der Waals surface area (Å²) in [6, 6.07) is 8.21. The highest BCUT2D eigenvalue weighted by molar-refractivity contribution is 5.85. The fraction of sp³-hybridized carbons (Fsp3) is 0.696. The smallest absolute Gasteiger partial charge is 0.230 e. The molecule has 6 nitrogen and oxygen atoms in total. The highest BCUT2D eigenvalue weighted by atomic mass is 16.8. The zero-order valence-corrected chi connectivity index (χ0v) is 19.5. The van der Waals surface area contributed by atoms with E-state index in [0.717, 1.165) is 30.3 Å². The Morgan fingerprint density at radius 2 is 1.59 bits per heavy atom. The number of rotatable bonds is 5. The number of ether oxygens (including phenoxy) is 3. The lowest BCUT2D eigenvalue weighted by Crippen LogP contribution is -2.35. The largest absolute Gasteiger partial charge is 0.493 e. The van der Waals surface area contributed by atoms with Crippen LogP contribution in [0.1, 0.15) is 53.4 Å². The average Bonchev–Trinajstić information content (AvgIpc) is 3.14. The lowest BCUT2D eigenvalue weighted by Gasteiger charge is -2.30. The van der Waals surface area contributed by atoms with E-state index in [1.54, 1.807) is 21.3 Å². The monoisotopic (exact) mass is 408 g/mol. The number of nitrogens with zero attached hydrogens (tertiary/aromatic N) is 2. The summed E-state index contributed by atoms with van der Waals surface area (Å²) in [5, 5.41) is 4.29. The van der Waals surface area contributed by atoms with Gasteiger partial charge in [0.25, 0.3) is 0 Å². The molecule has 0 N–H and O–H groups in total. The Labute approximate surface area is 177 Å². The van der Waals surface area contributed by atoms with E-state index in [9.17, 15) is 0 Å². The first kappa shape index (κ1) is 25.2. The van der Waals surface area contributed by atoms with Crippen molar-refractivity contribution < 1.29 is 19.0 Å². The van der Waals surface area contributed by atoms with Crippen LogP contribution in [0.2, 0.25) is 0 Å². The summed E-state index contributed by atoms with van der Waals surface area (Å²) in [4.78, 5) is 7.91. The normalized spacial score (nSPS) is 22.6. The molecule has 0 aromatic heterocycles. The maximum Gasteiger partial charge on any atom is 0.230 e. The Hall–Kier alpha value is -1.79. The van der Waals surface area contributed by atoms with Gasteiger partial charge in [0.15, 0.2) is 11.5 Å². The zero-order chi connectivity index (χ0) is 21.9. The molecule has 2 fully saturated rings. The highest BCUT2D eigenvalue weighted by Crippen LogP contribution is 2.34. The molecule has 0 bridgehead atoms. The van der Waals surface area contributed by atoms with Crippen molar-refractivity contribution in [3.63, 3.8) is 0 Å². The molecule has 1 aliphatic heterocycles. The first-order chi connectivity index (χ1) is 13.9. The van der Waals surface area contributed by atoms with E-state index in [1.807, 2.05) is 52.0 Å². The first-order valence-corrected chi connectivity index (χ1v) is 10.6. The third-order valence-corrected chi connectivity index (χ3v) is 5.39. The van der Waals surface area contributed by atoms with E-state index in [-0.39, 0.29) is 0 Å². The quantitative estimate of drug-likeness (QED) is 0.508. The summed E-state index contributed by atoms with van der Waals surface area (Å²) in [6.45, 7) is 8.99. The Bertz CT molecular complexity index is 596. The van der Waals surface area contributed by atoms with Gasteiger partial charge in [0.2, 0.25) is 5.79 Å². The third-order valence-electron chi connectivity index (χ3n) is 5.39. The molecule has 2 atom stereocenters. The molecule has 1 aliphatic carbocycles. The van der Waals surface area contributed by atoms with Crippen molar-refractivity contribution >= 4 is 5.71 Å². The van der Waals surface area contributed by atoms with Gasteiger partial charge < -0.3 is 23.9 Å². The van der Waals surface area contributed by atoms with E-state index >= 15 is 0 Å². The molecule has 1 aromatic rings. The van der Waals surface area contributed by atoms with Crippen LogP contribution in [-0.4, -0.2) is 57.4 Å². The summed E-state index contributed by atoms with van der Waals surface area (Å²) < 4.78 is 15.2. The topological polar surface area (TPSA) is 52.5 Å². The van der Waals surface area contributed by atoms with Crippen molar-refractivity contribution in [1.29, 1.82) is 0 Å². The Balaban J connectivity index is 0.000000299. The summed E-state index contributed by atoms with van der Waals surface area (Å²) in [5.74, 6) is 1.79. The number of fused-ring (bicyclic) bond motifs is 1. The molecule has 1 heterocycles. The molecule has 2 aliphatic rings. The number of oxime groups is 1. The molecule has 0 radical (unpaired) electrons. The number of para-hydroxylation sites is 2. The van der Waals surface area contributed by atoms with Crippen molar-refractivity contribution in [2.24, 2.45) is 11.1 Å². The molecule has 1 saturated heterocycles. The summed E-state index contributed by atoms with van der Waals surface area (Å²) in [5.41, 5.74) is 1.19. The van der Waals surface area contributed by atoms with Crippen molar-refractivity contribution in [2.45, 2.75) is 65.2 Å². The second-order valence-corrected chi connectivity index (χ2v) is 7.55. The van der Waals surface area contributed by atoms with E-state index < -0.39 is 5.79 Å². The fourth-order valence-corrected chi connectivity index (χ4v) is 3.52. The zero-order valence-electron chi connectivity index (χ0n) is 19.5. The molecule has 0 amide bonds. The highest BCUT2D eigenvalue weighted by Gasteiger charge is 2.36.